The highest BCUT2D eigenvalue weighted by atomic mass is 32.2. The van der Waals surface area contributed by atoms with Gasteiger partial charge in [0.2, 0.25) is 0 Å². The van der Waals surface area contributed by atoms with Gasteiger partial charge in [-0.3, -0.25) is 9.40 Å². The maximum Gasteiger partial charge on any atom is 0.433 e. The predicted octanol–water partition coefficient (Wildman–Crippen LogP) is 4.25. The van der Waals surface area contributed by atoms with E-state index in [1.807, 2.05) is 0 Å². The molecule has 0 aliphatic carbocycles. The summed E-state index contributed by atoms with van der Waals surface area (Å²) in [6.07, 6.45) is -4.78. The van der Waals surface area contributed by atoms with E-state index >= 15 is 0 Å². The van der Waals surface area contributed by atoms with Crippen LogP contribution in [0.2, 0.25) is 0 Å². The Morgan fingerprint density at radius 3 is 2.33 bits per heavy atom. The number of nitrogens with one attached hydrogen (secondary N) is 1. The molecule has 11 heteroatoms. The first kappa shape index (κ1) is 24.6. The first-order valence-electron chi connectivity index (χ1n) is 9.99. The lowest BCUT2D eigenvalue weighted by molar-refractivity contribution is -0.143. The van der Waals surface area contributed by atoms with Crippen LogP contribution in [0, 0.1) is 6.92 Å². The summed E-state index contributed by atoms with van der Waals surface area (Å²) in [6.45, 7) is 1.88. The van der Waals surface area contributed by atoms with Crippen molar-refractivity contribution in [3.8, 4) is 16.9 Å². The number of hydrogen-bond donors (Lipinski definition) is 1. The molecule has 3 rings (SSSR count). The lowest BCUT2D eigenvalue weighted by atomic mass is 10.0. The van der Waals surface area contributed by atoms with Crippen molar-refractivity contribution in [3.05, 3.63) is 59.8 Å². The van der Waals surface area contributed by atoms with E-state index in [1.165, 1.54) is 49.6 Å². The summed E-state index contributed by atoms with van der Waals surface area (Å²) in [5.41, 5.74) is -0.602. The molecule has 1 N–H and O–H groups in total. The molecule has 0 aliphatic heterocycles. The Balaban J connectivity index is 2.24. The number of anilines is 1. The Kier molecular flexibility index (Phi) is 7.03. The number of aryl methyl sites for hydroxylation is 1. The standard InChI is InChI=1S/C22H25F3N4O3S/c1-15-14-16(10-11-18(15)32-4)19-20(22(23,24)25)29(13-12-28(2)3)26-21(19)27-33(30,31)17-8-6-5-7-9-17/h5-11,14H,12-13H2,1-4H3,(H,26,27). The number of rotatable bonds is 8. The maximum atomic E-state index is 14.3. The fourth-order valence-corrected chi connectivity index (χ4v) is 4.40. The molecular formula is C22H25F3N4O3S. The van der Waals surface area contributed by atoms with Gasteiger partial charge in [0.15, 0.2) is 11.5 Å². The molecule has 0 saturated carbocycles. The first-order chi connectivity index (χ1) is 15.4. The van der Waals surface area contributed by atoms with Gasteiger partial charge in [-0.1, -0.05) is 24.3 Å². The van der Waals surface area contributed by atoms with Crippen molar-refractivity contribution in [2.24, 2.45) is 0 Å². The topological polar surface area (TPSA) is 76.5 Å². The summed E-state index contributed by atoms with van der Waals surface area (Å²) in [5.74, 6) is 0.105. The van der Waals surface area contributed by atoms with Gasteiger partial charge in [0.1, 0.15) is 5.75 Å². The van der Waals surface area contributed by atoms with Crippen molar-refractivity contribution in [3.63, 3.8) is 0 Å². The molecule has 0 bridgehead atoms. The average Bonchev–Trinajstić information content (AvgIpc) is 3.10. The van der Waals surface area contributed by atoms with Crippen LogP contribution < -0.4 is 9.46 Å². The molecule has 0 spiro atoms. The molecule has 1 heterocycles. The van der Waals surface area contributed by atoms with Crippen molar-refractivity contribution < 1.29 is 26.3 Å². The third-order valence-corrected chi connectivity index (χ3v) is 6.30. The first-order valence-corrected chi connectivity index (χ1v) is 11.5. The van der Waals surface area contributed by atoms with Gasteiger partial charge in [0.05, 0.1) is 24.1 Å². The fourth-order valence-electron chi connectivity index (χ4n) is 3.37. The minimum Gasteiger partial charge on any atom is -0.496 e. The number of methoxy groups -OCH3 is 1. The van der Waals surface area contributed by atoms with E-state index in [9.17, 15) is 21.6 Å². The second-order valence-electron chi connectivity index (χ2n) is 7.70. The van der Waals surface area contributed by atoms with Crippen molar-refractivity contribution in [1.29, 1.82) is 0 Å². The molecule has 0 aliphatic rings. The van der Waals surface area contributed by atoms with E-state index in [0.717, 1.165) is 4.68 Å². The molecular weight excluding hydrogens is 457 g/mol. The van der Waals surface area contributed by atoms with E-state index in [2.05, 4.69) is 9.82 Å². The van der Waals surface area contributed by atoms with Gasteiger partial charge < -0.3 is 9.64 Å². The number of sulfonamides is 1. The van der Waals surface area contributed by atoms with Crippen LogP contribution in [-0.4, -0.2) is 50.8 Å². The Hall–Kier alpha value is -3.05. The molecule has 7 nitrogen and oxygen atoms in total. The summed E-state index contributed by atoms with van der Waals surface area (Å²) in [4.78, 5) is 1.63. The largest absolute Gasteiger partial charge is 0.496 e. The Labute approximate surface area is 190 Å². The number of likely N-dealkylation sites (N-methyl/N-ethyl adjacent to an activating group) is 1. The van der Waals surface area contributed by atoms with E-state index in [-0.39, 0.29) is 29.1 Å². The molecule has 3 aromatic rings. The number of hydrogen-bond acceptors (Lipinski definition) is 5. The number of aromatic nitrogens is 2. The third-order valence-electron chi connectivity index (χ3n) is 4.95. The predicted molar refractivity (Wildman–Crippen MR) is 120 cm³/mol. The molecule has 0 radical (unpaired) electrons. The zero-order valence-corrected chi connectivity index (χ0v) is 19.5. The van der Waals surface area contributed by atoms with Crippen LogP contribution in [0.4, 0.5) is 19.0 Å². The Morgan fingerprint density at radius 1 is 1.12 bits per heavy atom. The lowest BCUT2D eigenvalue weighted by Crippen LogP contribution is -2.23. The molecule has 0 saturated heterocycles. The molecule has 1 aromatic heterocycles. The second kappa shape index (κ2) is 9.44. The number of ether oxygens (including phenoxy) is 1. The molecule has 0 amide bonds. The van der Waals surface area contributed by atoms with Gasteiger partial charge in [0.25, 0.3) is 10.0 Å². The van der Waals surface area contributed by atoms with Gasteiger partial charge in [-0.2, -0.15) is 18.3 Å². The van der Waals surface area contributed by atoms with Crippen molar-refractivity contribution in [2.45, 2.75) is 24.5 Å². The molecule has 33 heavy (non-hydrogen) atoms. The average molecular weight is 483 g/mol. The normalized spacial score (nSPS) is 12.2. The molecule has 0 fully saturated rings. The SMILES string of the molecule is COc1ccc(-c2c(NS(=O)(=O)c3ccccc3)nn(CCN(C)C)c2C(F)(F)F)cc1C. The van der Waals surface area contributed by atoms with E-state index in [4.69, 9.17) is 4.74 Å². The third kappa shape index (κ3) is 5.48. The van der Waals surface area contributed by atoms with Crippen LogP contribution in [0.25, 0.3) is 11.1 Å². The van der Waals surface area contributed by atoms with Gasteiger partial charge >= 0.3 is 6.18 Å². The fraction of sp³-hybridized carbons (Fsp3) is 0.318. The Morgan fingerprint density at radius 2 is 1.79 bits per heavy atom. The number of alkyl halides is 3. The van der Waals surface area contributed by atoms with Gasteiger partial charge in [-0.15, -0.1) is 0 Å². The van der Waals surface area contributed by atoms with Crippen molar-refractivity contribution >= 4 is 15.8 Å². The molecule has 0 unspecified atom stereocenters. The molecule has 0 atom stereocenters. The summed E-state index contributed by atoms with van der Waals surface area (Å²) in [5, 5.41) is 4.06. The molecule has 178 valence electrons. The highest BCUT2D eigenvalue weighted by Crippen LogP contribution is 2.42. The zero-order valence-electron chi connectivity index (χ0n) is 18.6. The maximum absolute atomic E-state index is 14.3. The lowest BCUT2D eigenvalue weighted by Gasteiger charge is -2.15. The second-order valence-corrected chi connectivity index (χ2v) is 9.38. The van der Waals surface area contributed by atoms with Crippen LogP contribution in [-0.2, 0) is 22.7 Å². The monoisotopic (exact) mass is 482 g/mol. The number of benzene rings is 2. The number of nitrogens with zero attached hydrogens (tertiary/aromatic N) is 3. The van der Waals surface area contributed by atoms with E-state index < -0.39 is 27.7 Å². The van der Waals surface area contributed by atoms with Crippen LogP contribution in [0.15, 0.2) is 53.4 Å². The molecule has 2 aromatic carbocycles. The van der Waals surface area contributed by atoms with Gasteiger partial charge in [-0.05, 0) is 56.4 Å². The van der Waals surface area contributed by atoms with Gasteiger partial charge in [-0.25, -0.2) is 8.42 Å². The minimum absolute atomic E-state index is 0.0849. The highest BCUT2D eigenvalue weighted by molar-refractivity contribution is 7.92. The summed E-state index contributed by atoms with van der Waals surface area (Å²) < 4.78 is 76.9. The minimum atomic E-state index is -4.78. The Bertz CT molecular complexity index is 1220. The van der Waals surface area contributed by atoms with E-state index in [1.54, 1.807) is 32.0 Å². The highest BCUT2D eigenvalue weighted by Gasteiger charge is 2.41. The summed E-state index contributed by atoms with van der Waals surface area (Å²) in [7, 11) is 0.736. The van der Waals surface area contributed by atoms with Gasteiger partial charge in [0, 0.05) is 6.54 Å². The van der Waals surface area contributed by atoms with Crippen LogP contribution in [0.1, 0.15) is 11.3 Å². The quantitative estimate of drug-likeness (QED) is 0.520. The van der Waals surface area contributed by atoms with Crippen molar-refractivity contribution in [1.82, 2.24) is 14.7 Å². The van der Waals surface area contributed by atoms with Crippen LogP contribution in [0.3, 0.4) is 0 Å². The van der Waals surface area contributed by atoms with Crippen LogP contribution >= 0.6 is 0 Å². The van der Waals surface area contributed by atoms with Crippen LogP contribution in [0.5, 0.6) is 5.75 Å². The van der Waals surface area contributed by atoms with Crippen molar-refractivity contribution in [2.75, 3.05) is 32.5 Å². The smallest absolute Gasteiger partial charge is 0.433 e. The summed E-state index contributed by atoms with van der Waals surface area (Å²) >= 11 is 0. The number of halogens is 3. The zero-order chi connectivity index (χ0) is 24.4. The summed E-state index contributed by atoms with van der Waals surface area (Å²) in [6, 6.07) is 11.9. The van der Waals surface area contributed by atoms with E-state index in [0.29, 0.717) is 11.3 Å².